The summed E-state index contributed by atoms with van der Waals surface area (Å²) >= 11 is 0. The predicted octanol–water partition coefficient (Wildman–Crippen LogP) is 4.67. The molecule has 0 heterocycles. The van der Waals surface area contributed by atoms with Crippen molar-refractivity contribution in [2.75, 3.05) is 0 Å². The summed E-state index contributed by atoms with van der Waals surface area (Å²) in [5.41, 5.74) is -0.887. The summed E-state index contributed by atoms with van der Waals surface area (Å²) in [5.74, 6) is 0.327. The fraction of sp³-hybridized carbons (Fsp3) is 0.778. The van der Waals surface area contributed by atoms with Crippen molar-refractivity contribution in [2.24, 2.45) is 11.3 Å². The van der Waals surface area contributed by atoms with Gasteiger partial charge >= 0.3 is 6.16 Å². The van der Waals surface area contributed by atoms with Crippen LogP contribution in [0.2, 0.25) is 0 Å². The normalized spacial score (nSPS) is 24.8. The second-order valence-electron chi connectivity index (χ2n) is 8.01. The van der Waals surface area contributed by atoms with Gasteiger partial charge < -0.3 is 9.47 Å². The van der Waals surface area contributed by atoms with E-state index in [1.165, 1.54) is 0 Å². The Morgan fingerprint density at radius 3 is 2.18 bits per heavy atom. The predicted molar refractivity (Wildman–Crippen MR) is 86.7 cm³/mol. The molecule has 0 saturated carbocycles. The van der Waals surface area contributed by atoms with E-state index in [1.807, 2.05) is 32.9 Å². The third-order valence-corrected chi connectivity index (χ3v) is 3.58. The van der Waals surface area contributed by atoms with Crippen LogP contribution in [0.25, 0.3) is 0 Å². The van der Waals surface area contributed by atoms with E-state index in [0.717, 1.165) is 19.3 Å². The number of hydrogen-bond donors (Lipinski definition) is 0. The van der Waals surface area contributed by atoms with Gasteiger partial charge in [-0.2, -0.15) is 0 Å². The van der Waals surface area contributed by atoms with Crippen LogP contribution >= 0.6 is 0 Å². The number of carbonyl (C=O) groups excluding carboxylic acids is 2. The fourth-order valence-electron chi connectivity index (χ4n) is 2.52. The Morgan fingerprint density at radius 2 is 1.64 bits per heavy atom. The van der Waals surface area contributed by atoms with Crippen LogP contribution in [0.1, 0.15) is 67.2 Å². The van der Waals surface area contributed by atoms with E-state index in [9.17, 15) is 9.59 Å². The molecule has 2 atom stereocenters. The van der Waals surface area contributed by atoms with Crippen molar-refractivity contribution in [3.8, 4) is 0 Å². The fourth-order valence-corrected chi connectivity index (χ4v) is 2.52. The van der Waals surface area contributed by atoms with Crippen molar-refractivity contribution in [3.63, 3.8) is 0 Å². The van der Waals surface area contributed by atoms with Crippen molar-refractivity contribution in [2.45, 2.75) is 78.9 Å². The highest BCUT2D eigenvalue weighted by Crippen LogP contribution is 2.29. The summed E-state index contributed by atoms with van der Waals surface area (Å²) < 4.78 is 10.5. The molecule has 0 aromatic heterocycles. The lowest BCUT2D eigenvalue weighted by Crippen LogP contribution is -2.31. The molecule has 1 aliphatic rings. The van der Waals surface area contributed by atoms with E-state index in [0.29, 0.717) is 12.2 Å². The molecule has 126 valence electrons. The molecule has 2 unspecified atom stereocenters. The van der Waals surface area contributed by atoms with Gasteiger partial charge in [-0.25, -0.2) is 4.79 Å². The Bertz CT molecular complexity index is 423. The third-order valence-electron chi connectivity index (χ3n) is 3.58. The highest BCUT2D eigenvalue weighted by Gasteiger charge is 2.30. The van der Waals surface area contributed by atoms with Crippen LogP contribution in [0.4, 0.5) is 4.79 Å². The lowest BCUT2D eigenvalue weighted by Gasteiger charge is -2.27. The van der Waals surface area contributed by atoms with Crippen LogP contribution in [0.5, 0.6) is 0 Å². The topological polar surface area (TPSA) is 52.6 Å². The van der Waals surface area contributed by atoms with Crippen molar-refractivity contribution in [1.82, 2.24) is 0 Å². The lowest BCUT2D eigenvalue weighted by atomic mass is 9.78. The van der Waals surface area contributed by atoms with Crippen LogP contribution in [-0.4, -0.2) is 23.6 Å². The van der Waals surface area contributed by atoms with Crippen LogP contribution in [0, 0.1) is 11.3 Å². The van der Waals surface area contributed by atoms with Crippen LogP contribution in [0.15, 0.2) is 12.2 Å². The Labute approximate surface area is 134 Å². The van der Waals surface area contributed by atoms with Gasteiger partial charge in [-0.15, -0.1) is 0 Å². The van der Waals surface area contributed by atoms with E-state index >= 15 is 0 Å². The largest absolute Gasteiger partial charge is 0.509 e. The Balaban J connectivity index is 2.61. The summed E-state index contributed by atoms with van der Waals surface area (Å²) in [6, 6.07) is 0. The highest BCUT2D eigenvalue weighted by atomic mass is 16.7. The number of ether oxygens (including phenoxy) is 2. The van der Waals surface area contributed by atoms with Gasteiger partial charge in [-0.1, -0.05) is 26.8 Å². The maximum Gasteiger partial charge on any atom is 0.509 e. The molecule has 4 heteroatoms. The molecule has 0 fully saturated rings. The second kappa shape index (κ2) is 7.30. The zero-order chi connectivity index (χ0) is 17.0. The van der Waals surface area contributed by atoms with E-state index in [4.69, 9.17) is 9.47 Å². The molecule has 0 aromatic rings. The van der Waals surface area contributed by atoms with Crippen LogP contribution < -0.4 is 0 Å². The first-order valence-electron chi connectivity index (χ1n) is 8.09. The average Bonchev–Trinajstić information content (AvgIpc) is 2.29. The summed E-state index contributed by atoms with van der Waals surface area (Å²) in [5, 5.41) is 0. The molecule has 22 heavy (non-hydrogen) atoms. The number of Topliss-reactive ketones (excluding diaryl/α,β-unsaturated/α-hetero) is 1. The summed E-state index contributed by atoms with van der Waals surface area (Å²) in [6.07, 6.45) is 6.04. The van der Waals surface area contributed by atoms with Gasteiger partial charge in [-0.05, 0) is 52.5 Å². The van der Waals surface area contributed by atoms with Gasteiger partial charge in [0.05, 0.1) is 0 Å². The van der Waals surface area contributed by atoms with Gasteiger partial charge in [0, 0.05) is 11.3 Å². The molecule has 1 rings (SSSR count). The molecular weight excluding hydrogens is 280 g/mol. The molecule has 4 nitrogen and oxygen atoms in total. The molecule has 0 radical (unpaired) electrons. The smallest absolute Gasteiger partial charge is 0.429 e. The average molecular weight is 310 g/mol. The third kappa shape index (κ3) is 6.63. The van der Waals surface area contributed by atoms with E-state index in [2.05, 4.69) is 0 Å². The maximum absolute atomic E-state index is 12.4. The maximum atomic E-state index is 12.4. The van der Waals surface area contributed by atoms with Gasteiger partial charge in [0.1, 0.15) is 17.5 Å². The van der Waals surface area contributed by atoms with Gasteiger partial charge in [0.15, 0.2) is 0 Å². The highest BCUT2D eigenvalue weighted by molar-refractivity contribution is 5.85. The number of carbonyl (C=O) groups is 2. The summed E-state index contributed by atoms with van der Waals surface area (Å²) in [6.45, 7) is 11.3. The summed E-state index contributed by atoms with van der Waals surface area (Å²) in [4.78, 5) is 24.2. The molecule has 0 aliphatic heterocycles. The minimum absolute atomic E-state index is 0.0367. The van der Waals surface area contributed by atoms with Gasteiger partial charge in [-0.3, -0.25) is 4.79 Å². The molecule has 0 aromatic carbocycles. The number of allylic oxidation sites excluding steroid dienone is 1. The van der Waals surface area contributed by atoms with Crippen molar-refractivity contribution < 1.29 is 19.1 Å². The van der Waals surface area contributed by atoms with Crippen LogP contribution in [-0.2, 0) is 14.3 Å². The zero-order valence-electron chi connectivity index (χ0n) is 14.8. The molecule has 0 bridgehead atoms. The number of ketones is 1. The summed E-state index contributed by atoms with van der Waals surface area (Å²) in [7, 11) is 0. The second-order valence-corrected chi connectivity index (χ2v) is 8.01. The first-order valence-corrected chi connectivity index (χ1v) is 8.09. The van der Waals surface area contributed by atoms with E-state index in [1.54, 1.807) is 20.8 Å². The quantitative estimate of drug-likeness (QED) is 0.549. The molecule has 0 amide bonds. The first-order chi connectivity index (χ1) is 9.99. The van der Waals surface area contributed by atoms with Crippen molar-refractivity contribution in [3.05, 3.63) is 12.2 Å². The lowest BCUT2D eigenvalue weighted by molar-refractivity contribution is -0.131. The molecule has 0 spiro atoms. The van der Waals surface area contributed by atoms with E-state index in [-0.39, 0.29) is 17.4 Å². The molecule has 0 N–H and O–H groups in total. The molecule has 1 aliphatic carbocycles. The monoisotopic (exact) mass is 310 g/mol. The minimum atomic E-state index is -0.651. The Morgan fingerprint density at radius 1 is 1.00 bits per heavy atom. The van der Waals surface area contributed by atoms with Crippen LogP contribution in [0.3, 0.4) is 0 Å². The first kappa shape index (κ1) is 18.7. The van der Waals surface area contributed by atoms with Gasteiger partial charge in [0.2, 0.25) is 0 Å². The SMILES string of the molecule is CC(C)(C)OC(=O)OC1/C=C/CCC(C(=O)C(C)(C)C)CC1. The van der Waals surface area contributed by atoms with Crippen molar-refractivity contribution >= 4 is 11.9 Å². The Kier molecular flexibility index (Phi) is 6.21. The zero-order valence-corrected chi connectivity index (χ0v) is 14.8. The molecule has 0 saturated heterocycles. The standard InChI is InChI=1S/C18H30O4/c1-17(2,3)15(19)13-9-7-8-10-14(12-11-13)21-16(20)22-18(4,5)6/h8,10,13-14H,7,9,11-12H2,1-6H3/b10-8+. The molecular formula is C18H30O4. The minimum Gasteiger partial charge on any atom is -0.429 e. The number of hydrogen-bond acceptors (Lipinski definition) is 4. The van der Waals surface area contributed by atoms with Crippen molar-refractivity contribution in [1.29, 1.82) is 0 Å². The van der Waals surface area contributed by atoms with E-state index < -0.39 is 11.8 Å². The van der Waals surface area contributed by atoms with Gasteiger partial charge in [0.25, 0.3) is 0 Å². The Hall–Kier alpha value is -1.32. The number of rotatable bonds is 2.